The van der Waals surface area contributed by atoms with Gasteiger partial charge in [-0.15, -0.1) is 0 Å². The maximum Gasteiger partial charge on any atom is 0.416 e. The first-order valence-electron chi connectivity index (χ1n) is 8.85. The minimum Gasteiger partial charge on any atom is -0.338 e. The number of halogens is 3. The Morgan fingerprint density at radius 1 is 0.964 bits per heavy atom. The number of benzene rings is 2. The van der Waals surface area contributed by atoms with Crippen molar-refractivity contribution in [3.05, 3.63) is 65.2 Å². The lowest BCUT2D eigenvalue weighted by Gasteiger charge is -2.11. The van der Waals surface area contributed by atoms with Gasteiger partial charge in [-0.2, -0.15) is 13.2 Å². The monoisotopic (exact) mass is 393 g/mol. The van der Waals surface area contributed by atoms with Gasteiger partial charge in [0, 0.05) is 12.2 Å². The fourth-order valence-corrected chi connectivity index (χ4v) is 2.55. The Kier molecular flexibility index (Phi) is 7.43. The highest BCUT2D eigenvalue weighted by Gasteiger charge is 2.29. The Morgan fingerprint density at radius 2 is 1.64 bits per heavy atom. The van der Waals surface area contributed by atoms with E-state index >= 15 is 0 Å². The maximum atomic E-state index is 12.5. The van der Waals surface area contributed by atoms with Crippen LogP contribution in [-0.2, 0) is 23.8 Å². The number of anilines is 1. The Morgan fingerprint density at radius 3 is 2.29 bits per heavy atom. The molecule has 0 atom stereocenters. The van der Waals surface area contributed by atoms with Gasteiger partial charge in [0.1, 0.15) is 0 Å². The molecule has 0 aliphatic heterocycles. The molecular formula is C20H22F3N3O2. The Balaban J connectivity index is 1.70. The van der Waals surface area contributed by atoms with Crippen LogP contribution >= 0.6 is 0 Å². The lowest BCUT2D eigenvalue weighted by molar-refractivity contribution is -0.137. The van der Waals surface area contributed by atoms with E-state index in [0.717, 1.165) is 24.1 Å². The van der Waals surface area contributed by atoms with Gasteiger partial charge >= 0.3 is 12.2 Å². The van der Waals surface area contributed by atoms with Gasteiger partial charge in [-0.25, -0.2) is 4.79 Å². The normalized spacial score (nSPS) is 11.0. The highest BCUT2D eigenvalue weighted by atomic mass is 19.4. The molecule has 2 aromatic rings. The standard InChI is InChI=1S/C20H22F3N3O2/c1-2-15-5-3-4-6-17(15)26-18(27)13-25-19(28)24-12-11-14-7-9-16(10-8-14)20(21,22)23/h3-10H,2,11-13H2,1H3,(H,26,27)(H2,24,25,28). The summed E-state index contributed by atoms with van der Waals surface area (Å²) in [7, 11) is 0. The zero-order valence-corrected chi connectivity index (χ0v) is 15.4. The number of alkyl halides is 3. The fraction of sp³-hybridized carbons (Fsp3) is 0.300. The van der Waals surface area contributed by atoms with Crippen LogP contribution in [0, 0.1) is 0 Å². The van der Waals surface area contributed by atoms with Gasteiger partial charge in [0.2, 0.25) is 5.91 Å². The summed E-state index contributed by atoms with van der Waals surface area (Å²) in [6.45, 7) is 2.02. The predicted octanol–water partition coefficient (Wildman–Crippen LogP) is 3.75. The lowest BCUT2D eigenvalue weighted by Crippen LogP contribution is -2.40. The van der Waals surface area contributed by atoms with E-state index in [4.69, 9.17) is 0 Å². The third kappa shape index (κ3) is 6.61. The molecule has 8 heteroatoms. The summed E-state index contributed by atoms with van der Waals surface area (Å²) in [5, 5.41) is 7.75. The van der Waals surface area contributed by atoms with Crippen molar-refractivity contribution in [3.8, 4) is 0 Å². The number of amides is 3. The maximum absolute atomic E-state index is 12.5. The first kappa shape index (κ1) is 21.3. The molecule has 0 spiro atoms. The second-order valence-electron chi connectivity index (χ2n) is 6.11. The lowest BCUT2D eigenvalue weighted by atomic mass is 10.1. The zero-order chi connectivity index (χ0) is 20.6. The van der Waals surface area contributed by atoms with Crippen LogP contribution in [0.3, 0.4) is 0 Å². The number of para-hydroxylation sites is 1. The SMILES string of the molecule is CCc1ccccc1NC(=O)CNC(=O)NCCc1ccc(C(F)(F)F)cc1. The molecule has 3 N–H and O–H groups in total. The molecule has 0 unspecified atom stereocenters. The summed E-state index contributed by atoms with van der Waals surface area (Å²) >= 11 is 0. The molecule has 0 bridgehead atoms. The fourth-order valence-electron chi connectivity index (χ4n) is 2.55. The van der Waals surface area contributed by atoms with Crippen molar-refractivity contribution in [3.63, 3.8) is 0 Å². The van der Waals surface area contributed by atoms with Gasteiger partial charge in [-0.3, -0.25) is 4.79 Å². The van der Waals surface area contributed by atoms with Crippen molar-refractivity contribution in [2.45, 2.75) is 25.9 Å². The van der Waals surface area contributed by atoms with Crippen molar-refractivity contribution in [1.82, 2.24) is 10.6 Å². The van der Waals surface area contributed by atoms with Crippen molar-refractivity contribution < 1.29 is 22.8 Å². The van der Waals surface area contributed by atoms with E-state index in [1.54, 1.807) is 6.07 Å². The van der Waals surface area contributed by atoms with Crippen molar-refractivity contribution in [1.29, 1.82) is 0 Å². The molecule has 2 aromatic carbocycles. The molecule has 0 aliphatic carbocycles. The Labute approximate surface area is 161 Å². The Bertz CT molecular complexity index is 805. The van der Waals surface area contributed by atoms with Gasteiger partial charge in [0.15, 0.2) is 0 Å². The molecule has 0 fully saturated rings. The van der Waals surface area contributed by atoms with Gasteiger partial charge in [-0.1, -0.05) is 37.3 Å². The average Bonchev–Trinajstić information content (AvgIpc) is 2.66. The summed E-state index contributed by atoms with van der Waals surface area (Å²) in [5.74, 6) is -0.348. The topological polar surface area (TPSA) is 70.2 Å². The first-order valence-corrected chi connectivity index (χ1v) is 8.85. The van der Waals surface area contributed by atoms with E-state index < -0.39 is 17.8 Å². The Hall–Kier alpha value is -3.03. The minimum absolute atomic E-state index is 0.190. The number of hydrogen-bond acceptors (Lipinski definition) is 2. The van der Waals surface area contributed by atoms with Gasteiger partial charge in [-0.05, 0) is 42.2 Å². The molecule has 150 valence electrons. The van der Waals surface area contributed by atoms with Crippen LogP contribution in [0.25, 0.3) is 0 Å². The van der Waals surface area contributed by atoms with Gasteiger partial charge < -0.3 is 16.0 Å². The second kappa shape index (κ2) is 9.77. The minimum atomic E-state index is -4.37. The number of nitrogens with one attached hydrogen (secondary N) is 3. The highest BCUT2D eigenvalue weighted by molar-refractivity contribution is 5.94. The number of hydrogen-bond donors (Lipinski definition) is 3. The number of carbonyl (C=O) groups excluding carboxylic acids is 2. The summed E-state index contributed by atoms with van der Waals surface area (Å²) in [6, 6.07) is 11.7. The van der Waals surface area contributed by atoms with E-state index in [1.807, 2.05) is 25.1 Å². The molecule has 0 aliphatic rings. The van der Waals surface area contributed by atoms with E-state index in [0.29, 0.717) is 17.7 Å². The molecule has 5 nitrogen and oxygen atoms in total. The smallest absolute Gasteiger partial charge is 0.338 e. The van der Waals surface area contributed by atoms with Crippen LogP contribution in [0.4, 0.5) is 23.7 Å². The molecule has 0 saturated carbocycles. The van der Waals surface area contributed by atoms with E-state index in [-0.39, 0.29) is 19.0 Å². The van der Waals surface area contributed by atoms with Crippen LogP contribution in [0.5, 0.6) is 0 Å². The quantitative estimate of drug-likeness (QED) is 0.671. The first-order chi connectivity index (χ1) is 13.3. The summed E-state index contributed by atoms with van der Waals surface area (Å²) in [5.41, 5.74) is 1.66. The predicted molar refractivity (Wildman–Crippen MR) is 101 cm³/mol. The average molecular weight is 393 g/mol. The van der Waals surface area contributed by atoms with Crippen LogP contribution in [0.15, 0.2) is 48.5 Å². The summed E-state index contributed by atoms with van der Waals surface area (Å²) in [4.78, 5) is 23.7. The van der Waals surface area contributed by atoms with Crippen LogP contribution in [0.2, 0.25) is 0 Å². The molecule has 2 rings (SSSR count). The molecular weight excluding hydrogens is 371 g/mol. The third-order valence-corrected chi connectivity index (χ3v) is 4.06. The summed E-state index contributed by atoms with van der Waals surface area (Å²) < 4.78 is 37.5. The van der Waals surface area contributed by atoms with E-state index in [1.165, 1.54) is 12.1 Å². The zero-order valence-electron chi connectivity index (χ0n) is 15.4. The van der Waals surface area contributed by atoms with Crippen molar-refractivity contribution >= 4 is 17.6 Å². The molecule has 0 aromatic heterocycles. The number of urea groups is 1. The molecule has 0 heterocycles. The number of rotatable bonds is 7. The van der Waals surface area contributed by atoms with Gasteiger partial charge in [0.25, 0.3) is 0 Å². The number of carbonyl (C=O) groups is 2. The van der Waals surface area contributed by atoms with Crippen LogP contribution in [0.1, 0.15) is 23.6 Å². The van der Waals surface area contributed by atoms with Crippen LogP contribution in [-0.4, -0.2) is 25.0 Å². The van der Waals surface area contributed by atoms with Crippen LogP contribution < -0.4 is 16.0 Å². The largest absolute Gasteiger partial charge is 0.416 e. The molecule has 28 heavy (non-hydrogen) atoms. The van der Waals surface area contributed by atoms with Gasteiger partial charge in [0.05, 0.1) is 12.1 Å². The van der Waals surface area contributed by atoms with Crippen molar-refractivity contribution in [2.24, 2.45) is 0 Å². The molecule has 3 amide bonds. The second-order valence-corrected chi connectivity index (χ2v) is 6.11. The summed E-state index contributed by atoms with van der Waals surface area (Å²) in [6.07, 6.45) is -3.22. The highest BCUT2D eigenvalue weighted by Crippen LogP contribution is 2.29. The van der Waals surface area contributed by atoms with E-state index in [9.17, 15) is 22.8 Å². The number of aryl methyl sites for hydroxylation is 1. The third-order valence-electron chi connectivity index (χ3n) is 4.06. The molecule has 0 saturated heterocycles. The van der Waals surface area contributed by atoms with E-state index in [2.05, 4.69) is 16.0 Å². The van der Waals surface area contributed by atoms with Crippen molar-refractivity contribution in [2.75, 3.05) is 18.4 Å². The molecule has 0 radical (unpaired) electrons.